The summed E-state index contributed by atoms with van der Waals surface area (Å²) in [6, 6.07) is 0. The number of allylic oxidation sites excluding steroid dienone is 1. The number of hydrogen-bond donors (Lipinski definition) is 2. The van der Waals surface area contributed by atoms with Gasteiger partial charge in [0.25, 0.3) is 0 Å². The van der Waals surface area contributed by atoms with Crippen LogP contribution in [0.2, 0.25) is 0 Å². The Morgan fingerprint density at radius 3 is 2.66 bits per heavy atom. The van der Waals surface area contributed by atoms with Gasteiger partial charge in [-0.15, -0.1) is 0 Å². The van der Waals surface area contributed by atoms with E-state index >= 15 is 0 Å². The Hall–Kier alpha value is -1.70. The average Bonchev–Trinajstić information content (AvgIpc) is 3.34. The minimum atomic E-state index is -1.08. The molecule has 0 aromatic heterocycles. The molecule has 5 rings (SSSR count). The third-order valence-electron chi connectivity index (χ3n) is 8.56. The lowest BCUT2D eigenvalue weighted by atomic mass is 9.64. The molecule has 32 heavy (non-hydrogen) atoms. The van der Waals surface area contributed by atoms with Gasteiger partial charge in [0.1, 0.15) is 5.60 Å². The van der Waals surface area contributed by atoms with Crippen LogP contribution < -0.4 is 0 Å². The average molecular weight is 447 g/mol. The molecule has 0 aromatic carbocycles. The van der Waals surface area contributed by atoms with Gasteiger partial charge in [-0.3, -0.25) is 9.59 Å². The summed E-state index contributed by atoms with van der Waals surface area (Å²) in [7, 11) is 1.51. The normalized spacial score (nSPS) is 41.9. The highest BCUT2D eigenvalue weighted by atomic mass is 16.6. The Balaban J connectivity index is 1.60. The van der Waals surface area contributed by atoms with E-state index in [1.54, 1.807) is 0 Å². The molecule has 0 radical (unpaired) electrons. The maximum atomic E-state index is 13.9. The van der Waals surface area contributed by atoms with Crippen molar-refractivity contribution in [1.29, 1.82) is 0 Å². The number of esters is 1. The van der Waals surface area contributed by atoms with Crippen LogP contribution in [0.4, 0.5) is 0 Å². The van der Waals surface area contributed by atoms with Crippen LogP contribution in [0.15, 0.2) is 22.5 Å². The molecule has 2 N–H and O–H groups in total. The zero-order valence-corrected chi connectivity index (χ0v) is 19.3. The Bertz CT molecular complexity index is 915. The summed E-state index contributed by atoms with van der Waals surface area (Å²) >= 11 is 0. The molecule has 7 nitrogen and oxygen atoms in total. The first-order valence-electron chi connectivity index (χ1n) is 11.8. The van der Waals surface area contributed by atoms with Gasteiger partial charge in [-0.05, 0) is 55.4 Å². The van der Waals surface area contributed by atoms with Crippen molar-refractivity contribution in [2.45, 2.75) is 83.2 Å². The maximum Gasteiger partial charge on any atom is 0.303 e. The minimum absolute atomic E-state index is 0.135. The summed E-state index contributed by atoms with van der Waals surface area (Å²) < 4.78 is 18.1. The second-order valence-corrected chi connectivity index (χ2v) is 10.9. The molecule has 0 aromatic rings. The van der Waals surface area contributed by atoms with Crippen LogP contribution in [-0.4, -0.2) is 59.6 Å². The molecular formula is C25H34O7. The van der Waals surface area contributed by atoms with Gasteiger partial charge in [-0.25, -0.2) is 0 Å². The van der Waals surface area contributed by atoms with Gasteiger partial charge in [-0.2, -0.15) is 0 Å². The number of ether oxygens (including phenoxy) is 3. The smallest absolute Gasteiger partial charge is 0.303 e. The maximum absolute atomic E-state index is 13.9. The van der Waals surface area contributed by atoms with Crippen molar-refractivity contribution < 1.29 is 34.0 Å². The van der Waals surface area contributed by atoms with Crippen LogP contribution in [0.1, 0.15) is 59.3 Å². The van der Waals surface area contributed by atoms with E-state index in [1.165, 1.54) is 14.0 Å². The predicted molar refractivity (Wildman–Crippen MR) is 114 cm³/mol. The number of carbonyl (C=O) groups is 2. The second-order valence-electron chi connectivity index (χ2n) is 10.9. The summed E-state index contributed by atoms with van der Waals surface area (Å²) in [4.78, 5) is 26.1. The van der Waals surface area contributed by atoms with Crippen molar-refractivity contribution in [3.8, 4) is 0 Å². The molecule has 7 heteroatoms. The topological polar surface area (TPSA) is 102 Å². The minimum Gasteiger partial charge on any atom is -0.493 e. The predicted octanol–water partition coefficient (Wildman–Crippen LogP) is 2.44. The number of Topliss-reactive ketones (excluding diaryl/α,β-unsaturated/α-hetero) is 1. The first kappa shape index (κ1) is 22.1. The van der Waals surface area contributed by atoms with Crippen LogP contribution in [0.3, 0.4) is 0 Å². The summed E-state index contributed by atoms with van der Waals surface area (Å²) in [6.45, 7) is 5.53. The van der Waals surface area contributed by atoms with E-state index in [-0.39, 0.29) is 24.6 Å². The van der Waals surface area contributed by atoms with Crippen LogP contribution in [0.25, 0.3) is 0 Å². The summed E-state index contributed by atoms with van der Waals surface area (Å²) in [6.07, 6.45) is 2.56. The van der Waals surface area contributed by atoms with E-state index < -0.39 is 35.3 Å². The number of fused-ring (bicyclic) bond motifs is 1. The van der Waals surface area contributed by atoms with Crippen molar-refractivity contribution in [3.63, 3.8) is 0 Å². The fraction of sp³-hybridized carbons (Fsp3) is 0.760. The highest BCUT2D eigenvalue weighted by molar-refractivity contribution is 6.09. The van der Waals surface area contributed by atoms with Gasteiger partial charge >= 0.3 is 5.97 Å². The number of hydrogen-bond acceptors (Lipinski definition) is 7. The molecule has 3 fully saturated rings. The molecule has 1 spiro atoms. The molecular weight excluding hydrogens is 412 g/mol. The number of rotatable bonds is 5. The number of methoxy groups -OCH3 is 1. The first-order valence-corrected chi connectivity index (χ1v) is 11.8. The molecule has 1 saturated carbocycles. The van der Waals surface area contributed by atoms with Gasteiger partial charge in [0.15, 0.2) is 11.9 Å². The molecule has 2 aliphatic heterocycles. The van der Waals surface area contributed by atoms with Gasteiger partial charge in [-0.1, -0.05) is 13.8 Å². The van der Waals surface area contributed by atoms with E-state index in [4.69, 9.17) is 14.2 Å². The first-order chi connectivity index (χ1) is 15.1. The van der Waals surface area contributed by atoms with E-state index in [1.807, 2.05) is 13.8 Å². The fourth-order valence-corrected chi connectivity index (χ4v) is 7.10. The largest absolute Gasteiger partial charge is 0.493 e. The number of aliphatic hydroxyl groups excluding tert-OH is 2. The lowest BCUT2D eigenvalue weighted by molar-refractivity contribution is -0.156. The van der Waals surface area contributed by atoms with E-state index in [0.29, 0.717) is 41.7 Å². The lowest BCUT2D eigenvalue weighted by Gasteiger charge is -2.41. The molecule has 2 saturated heterocycles. The second kappa shape index (κ2) is 7.40. The molecule has 3 aliphatic carbocycles. The highest BCUT2D eigenvalue weighted by Crippen LogP contribution is 2.63. The van der Waals surface area contributed by atoms with E-state index in [0.717, 1.165) is 24.8 Å². The van der Waals surface area contributed by atoms with Gasteiger partial charge in [0, 0.05) is 36.5 Å². The van der Waals surface area contributed by atoms with Gasteiger partial charge in [0.2, 0.25) is 5.78 Å². The van der Waals surface area contributed by atoms with Crippen LogP contribution in [0, 0.1) is 23.2 Å². The summed E-state index contributed by atoms with van der Waals surface area (Å²) in [5.74, 6) is 0.998. The summed E-state index contributed by atoms with van der Waals surface area (Å²) in [5.41, 5.74) is 0.508. The fourth-order valence-electron chi connectivity index (χ4n) is 7.10. The van der Waals surface area contributed by atoms with Crippen LogP contribution >= 0.6 is 0 Å². The summed E-state index contributed by atoms with van der Waals surface area (Å²) in [5, 5.41) is 20.2. The van der Waals surface area contributed by atoms with E-state index in [2.05, 4.69) is 0 Å². The Morgan fingerprint density at radius 1 is 1.28 bits per heavy atom. The lowest BCUT2D eigenvalue weighted by Crippen LogP contribution is -2.50. The third kappa shape index (κ3) is 3.04. The molecule has 1 unspecified atom stereocenters. The van der Waals surface area contributed by atoms with E-state index in [9.17, 15) is 19.8 Å². The van der Waals surface area contributed by atoms with Crippen LogP contribution in [-0.2, 0) is 23.8 Å². The van der Waals surface area contributed by atoms with Crippen molar-refractivity contribution in [1.82, 2.24) is 0 Å². The Labute approximate surface area is 188 Å². The number of ketones is 1. The molecule has 2 heterocycles. The monoisotopic (exact) mass is 446 g/mol. The molecule has 176 valence electrons. The van der Waals surface area contributed by atoms with Gasteiger partial charge in [0.05, 0.1) is 19.3 Å². The molecule has 5 aliphatic rings. The quantitative estimate of drug-likeness (QED) is 0.626. The van der Waals surface area contributed by atoms with Crippen molar-refractivity contribution in [3.05, 3.63) is 22.5 Å². The zero-order valence-electron chi connectivity index (χ0n) is 19.3. The number of aliphatic hydroxyl groups is 2. The molecule has 2 bridgehead atoms. The third-order valence-corrected chi connectivity index (χ3v) is 8.56. The Kier molecular flexibility index (Phi) is 5.12. The van der Waals surface area contributed by atoms with Crippen LogP contribution in [0.5, 0.6) is 0 Å². The van der Waals surface area contributed by atoms with Gasteiger partial charge < -0.3 is 24.4 Å². The van der Waals surface area contributed by atoms with Crippen molar-refractivity contribution in [2.24, 2.45) is 23.2 Å². The SMILES string of the molecule is COC1=C2C(C)(C)[C@H]3O[C@@]2(C[C@@H]3O)[C@@H](OC(C)=O)C2=C(CC(C[C@@H]3C[C@H]3CO)CC2)C1=O. The van der Waals surface area contributed by atoms with Crippen molar-refractivity contribution >= 4 is 11.8 Å². The number of carbonyl (C=O) groups excluding carboxylic acids is 2. The zero-order chi connectivity index (χ0) is 23.0. The molecule has 0 amide bonds. The van der Waals surface area contributed by atoms with Crippen molar-refractivity contribution in [2.75, 3.05) is 13.7 Å². The highest BCUT2D eigenvalue weighted by Gasteiger charge is 2.71. The standard InChI is InChI=1S/C25H34O7/c1-12(27)31-22-16-6-5-13(7-14-9-15(14)11-26)8-17(16)19(29)20(30-4)21-24(2,3)23-18(28)10-25(21,22)32-23/h13-15,18,22-23,26,28H,5-11H2,1-4H3/t13?,14-,15+,18+,22+,23+,25-/m1/s1. The molecule has 7 atom stereocenters. The Morgan fingerprint density at radius 2 is 2.03 bits per heavy atom.